The van der Waals surface area contributed by atoms with E-state index in [2.05, 4.69) is 33.9 Å². The molecule has 5 heteroatoms. The molecule has 20 heavy (non-hydrogen) atoms. The molecule has 0 aromatic rings. The first-order valence-corrected chi connectivity index (χ1v) is 10.3. The van der Waals surface area contributed by atoms with Crippen LogP contribution in [0.5, 0.6) is 0 Å². The third-order valence-corrected chi connectivity index (χ3v) is 8.14. The monoisotopic (exact) mass is 303 g/mol. The number of hydrogen-bond acceptors (Lipinski definition) is 4. The van der Waals surface area contributed by atoms with Gasteiger partial charge in [0.2, 0.25) is 0 Å². The van der Waals surface area contributed by atoms with Crippen molar-refractivity contribution in [3.05, 3.63) is 0 Å². The van der Waals surface area contributed by atoms with Gasteiger partial charge in [0.05, 0.1) is 6.42 Å². The van der Waals surface area contributed by atoms with Crippen LogP contribution in [0, 0.1) is 0 Å². The number of esters is 1. The predicted molar refractivity (Wildman–Crippen MR) is 86.2 cm³/mol. The summed E-state index contributed by atoms with van der Waals surface area (Å²) in [7, 11) is -1.72. The van der Waals surface area contributed by atoms with E-state index in [0.717, 1.165) is 0 Å². The number of rotatable bonds is 6. The zero-order chi connectivity index (χ0) is 16.2. The lowest BCUT2D eigenvalue weighted by molar-refractivity contribution is -0.155. The van der Waals surface area contributed by atoms with Gasteiger partial charge in [0, 0.05) is 12.6 Å². The molecule has 0 saturated heterocycles. The van der Waals surface area contributed by atoms with E-state index in [1.807, 2.05) is 20.8 Å². The second-order valence-electron chi connectivity index (χ2n) is 7.95. The number of hydrogen-bond donors (Lipinski definition) is 1. The van der Waals surface area contributed by atoms with E-state index in [0.29, 0.717) is 13.0 Å². The van der Waals surface area contributed by atoms with Gasteiger partial charge in [-0.05, 0) is 45.3 Å². The zero-order valence-corrected chi connectivity index (χ0v) is 15.5. The molecule has 0 aliphatic carbocycles. The van der Waals surface area contributed by atoms with Crippen molar-refractivity contribution in [3.63, 3.8) is 0 Å². The maximum Gasteiger partial charge on any atom is 0.307 e. The molecule has 0 aliphatic rings. The lowest BCUT2D eigenvalue weighted by Crippen LogP contribution is -2.41. The Morgan fingerprint density at radius 3 is 2.05 bits per heavy atom. The number of carbonyl (C=O) groups excluding carboxylic acids is 1. The standard InChI is InChI=1S/C15H33NO3Si/c1-14(2,3)19-13(17)11-12(16)9-10-18-20(7,8)15(4,5)6/h12H,9-11,16H2,1-8H3/t12-/m1/s1. The third kappa shape index (κ3) is 8.02. The molecular weight excluding hydrogens is 270 g/mol. The number of nitrogens with two attached hydrogens (primary N) is 1. The molecule has 120 valence electrons. The highest BCUT2D eigenvalue weighted by Crippen LogP contribution is 2.36. The van der Waals surface area contributed by atoms with Crippen LogP contribution in [-0.4, -0.2) is 32.5 Å². The normalized spacial score (nSPS) is 15.1. The molecule has 1 atom stereocenters. The lowest BCUT2D eigenvalue weighted by atomic mass is 10.1. The van der Waals surface area contributed by atoms with Crippen LogP contribution in [0.2, 0.25) is 18.1 Å². The first-order valence-electron chi connectivity index (χ1n) is 7.36. The molecule has 2 N–H and O–H groups in total. The Morgan fingerprint density at radius 1 is 1.15 bits per heavy atom. The SMILES string of the molecule is CC(C)(C)OC(=O)C[C@H](N)CCO[Si](C)(C)C(C)(C)C. The molecule has 0 bridgehead atoms. The van der Waals surface area contributed by atoms with Gasteiger partial charge in [-0.3, -0.25) is 4.79 Å². The molecule has 0 amide bonds. The Bertz CT molecular complexity index is 316. The molecular formula is C15H33NO3Si. The Balaban J connectivity index is 4.07. The zero-order valence-electron chi connectivity index (χ0n) is 14.5. The van der Waals surface area contributed by atoms with Crippen molar-refractivity contribution in [2.45, 2.75) is 84.2 Å². The van der Waals surface area contributed by atoms with E-state index in [1.54, 1.807) is 0 Å². The molecule has 0 aliphatic heterocycles. The second kappa shape index (κ2) is 7.05. The minimum Gasteiger partial charge on any atom is -0.460 e. The summed E-state index contributed by atoms with van der Waals surface area (Å²) >= 11 is 0. The van der Waals surface area contributed by atoms with Crippen LogP contribution in [0.25, 0.3) is 0 Å². The van der Waals surface area contributed by atoms with E-state index in [1.165, 1.54) is 0 Å². The highest BCUT2D eigenvalue weighted by atomic mass is 28.4. The molecule has 0 spiro atoms. The van der Waals surface area contributed by atoms with E-state index in [4.69, 9.17) is 14.9 Å². The van der Waals surface area contributed by atoms with Crippen molar-refractivity contribution in [1.29, 1.82) is 0 Å². The maximum atomic E-state index is 11.7. The minimum absolute atomic E-state index is 0.197. The fourth-order valence-electron chi connectivity index (χ4n) is 1.38. The van der Waals surface area contributed by atoms with Gasteiger partial charge in [-0.2, -0.15) is 0 Å². The highest BCUT2D eigenvalue weighted by Gasteiger charge is 2.37. The molecule has 0 unspecified atom stereocenters. The average Bonchev–Trinajstić information content (AvgIpc) is 2.11. The fourth-order valence-corrected chi connectivity index (χ4v) is 2.44. The van der Waals surface area contributed by atoms with Crippen molar-refractivity contribution >= 4 is 14.3 Å². The highest BCUT2D eigenvalue weighted by molar-refractivity contribution is 6.74. The molecule has 0 fully saturated rings. The van der Waals surface area contributed by atoms with E-state index in [-0.39, 0.29) is 23.5 Å². The van der Waals surface area contributed by atoms with Crippen molar-refractivity contribution in [2.75, 3.05) is 6.61 Å². The largest absolute Gasteiger partial charge is 0.460 e. The molecule has 0 saturated carbocycles. The predicted octanol–water partition coefficient (Wildman–Crippen LogP) is 3.46. The average molecular weight is 304 g/mol. The Kier molecular flexibility index (Phi) is 6.91. The molecule has 0 heterocycles. The van der Waals surface area contributed by atoms with Crippen molar-refractivity contribution in [1.82, 2.24) is 0 Å². The van der Waals surface area contributed by atoms with Gasteiger partial charge in [-0.15, -0.1) is 0 Å². The quantitative estimate of drug-likeness (QED) is 0.603. The van der Waals surface area contributed by atoms with Crippen LogP contribution < -0.4 is 5.73 Å². The topological polar surface area (TPSA) is 61.5 Å². The Morgan fingerprint density at radius 2 is 1.65 bits per heavy atom. The van der Waals surface area contributed by atoms with Crippen LogP contribution in [0.3, 0.4) is 0 Å². The van der Waals surface area contributed by atoms with Gasteiger partial charge in [0.15, 0.2) is 8.32 Å². The summed E-state index contributed by atoms with van der Waals surface area (Å²) < 4.78 is 11.3. The summed E-state index contributed by atoms with van der Waals surface area (Å²) in [4.78, 5) is 11.7. The maximum absolute atomic E-state index is 11.7. The summed E-state index contributed by atoms with van der Waals surface area (Å²) in [5.74, 6) is -0.239. The summed E-state index contributed by atoms with van der Waals surface area (Å²) in [5.41, 5.74) is 5.52. The van der Waals surface area contributed by atoms with Gasteiger partial charge in [0.25, 0.3) is 0 Å². The summed E-state index contributed by atoms with van der Waals surface area (Å²) in [5, 5.41) is 0.197. The third-order valence-electron chi connectivity index (χ3n) is 3.61. The lowest BCUT2D eigenvalue weighted by Gasteiger charge is -2.36. The molecule has 4 nitrogen and oxygen atoms in total. The van der Waals surface area contributed by atoms with Gasteiger partial charge >= 0.3 is 5.97 Å². The van der Waals surface area contributed by atoms with Crippen molar-refractivity contribution in [2.24, 2.45) is 5.73 Å². The minimum atomic E-state index is -1.72. The Labute approximate surface area is 125 Å². The summed E-state index contributed by atoms with van der Waals surface area (Å²) in [6.45, 7) is 17.2. The van der Waals surface area contributed by atoms with Crippen LogP contribution in [-0.2, 0) is 14.0 Å². The first kappa shape index (κ1) is 19.6. The van der Waals surface area contributed by atoms with Crippen LogP contribution in [0.4, 0.5) is 0 Å². The Hall–Kier alpha value is -0.393. The summed E-state index contributed by atoms with van der Waals surface area (Å²) in [6.07, 6.45) is 0.934. The molecule has 0 rings (SSSR count). The fraction of sp³-hybridized carbons (Fsp3) is 0.933. The van der Waals surface area contributed by atoms with E-state index in [9.17, 15) is 4.79 Å². The van der Waals surface area contributed by atoms with Gasteiger partial charge in [-0.1, -0.05) is 20.8 Å². The molecule has 0 aromatic carbocycles. The van der Waals surface area contributed by atoms with Crippen molar-refractivity contribution < 1.29 is 14.0 Å². The molecule has 0 aromatic heterocycles. The van der Waals surface area contributed by atoms with Gasteiger partial charge in [0.1, 0.15) is 5.60 Å². The van der Waals surface area contributed by atoms with Gasteiger partial charge in [-0.25, -0.2) is 0 Å². The van der Waals surface area contributed by atoms with E-state index < -0.39 is 13.9 Å². The van der Waals surface area contributed by atoms with Crippen LogP contribution >= 0.6 is 0 Å². The van der Waals surface area contributed by atoms with Gasteiger partial charge < -0.3 is 14.9 Å². The van der Waals surface area contributed by atoms with E-state index >= 15 is 0 Å². The summed E-state index contributed by atoms with van der Waals surface area (Å²) in [6, 6.07) is -0.199. The first-order chi connectivity index (χ1) is 8.74. The second-order valence-corrected chi connectivity index (χ2v) is 12.8. The van der Waals surface area contributed by atoms with Crippen molar-refractivity contribution in [3.8, 4) is 0 Å². The number of carbonyl (C=O) groups is 1. The van der Waals surface area contributed by atoms with Crippen LogP contribution in [0.1, 0.15) is 54.4 Å². The smallest absolute Gasteiger partial charge is 0.307 e. The molecule has 0 radical (unpaired) electrons. The van der Waals surface area contributed by atoms with Crippen LogP contribution in [0.15, 0.2) is 0 Å². The number of ether oxygens (including phenoxy) is 1.